The largest absolute Gasteiger partial charge is 0.467 e. The quantitative estimate of drug-likeness (QED) is 0.409. The molecule has 0 spiro atoms. The summed E-state index contributed by atoms with van der Waals surface area (Å²) in [5.74, 6) is -1.28. The van der Waals surface area contributed by atoms with E-state index in [2.05, 4.69) is 0 Å². The van der Waals surface area contributed by atoms with Crippen LogP contribution < -0.4 is 0 Å². The molecule has 1 aromatic carbocycles. The molecule has 3 aromatic rings. The number of furan rings is 1. The molecule has 32 heavy (non-hydrogen) atoms. The number of nitrogens with zero attached hydrogens (tertiary/aromatic N) is 2. The van der Waals surface area contributed by atoms with E-state index < -0.39 is 23.7 Å². The zero-order valence-electron chi connectivity index (χ0n) is 18.6. The summed E-state index contributed by atoms with van der Waals surface area (Å²) in [6.07, 6.45) is 1.48. The molecule has 0 aliphatic rings. The minimum absolute atomic E-state index is 0.0465. The Morgan fingerprint density at radius 1 is 1.16 bits per heavy atom. The number of carbonyl (C=O) groups excluding carboxylic acids is 3. The van der Waals surface area contributed by atoms with Gasteiger partial charge in [-0.1, -0.05) is 0 Å². The fourth-order valence-electron chi connectivity index (χ4n) is 3.79. The average molecular weight is 440 g/mol. The smallest absolute Gasteiger partial charge is 0.354 e. The molecule has 0 bridgehead atoms. The number of esters is 1. The van der Waals surface area contributed by atoms with Gasteiger partial charge in [0.1, 0.15) is 17.3 Å². The third-order valence-corrected chi connectivity index (χ3v) is 5.66. The summed E-state index contributed by atoms with van der Waals surface area (Å²) in [7, 11) is 2.96. The SMILES string of the molecule is COC(=O)c1c(C)c(C(=O)C(C)N(Cc2ccco2)C(=O)c2ccc(F)cc2)c(C)n1C. The second-order valence-electron chi connectivity index (χ2n) is 7.54. The predicted molar refractivity (Wildman–Crippen MR) is 115 cm³/mol. The molecule has 2 heterocycles. The van der Waals surface area contributed by atoms with E-state index in [9.17, 15) is 18.8 Å². The standard InChI is InChI=1S/C24H25FN2O5/c1-14-20(15(2)26(4)21(14)24(30)31-5)22(28)16(3)27(13-19-7-6-12-32-19)23(29)17-8-10-18(25)11-9-17/h6-12,16H,13H2,1-5H3. The van der Waals surface area contributed by atoms with Gasteiger partial charge in [-0.3, -0.25) is 9.59 Å². The fraction of sp³-hybridized carbons (Fsp3) is 0.292. The highest BCUT2D eigenvalue weighted by molar-refractivity contribution is 6.07. The Morgan fingerprint density at radius 2 is 1.81 bits per heavy atom. The Balaban J connectivity index is 2.02. The van der Waals surface area contributed by atoms with E-state index >= 15 is 0 Å². The van der Waals surface area contributed by atoms with Crippen LogP contribution in [0.15, 0.2) is 47.1 Å². The van der Waals surface area contributed by atoms with Crippen LogP contribution in [0, 0.1) is 19.7 Å². The number of ketones is 1. The van der Waals surface area contributed by atoms with Crippen molar-refractivity contribution in [2.24, 2.45) is 7.05 Å². The molecule has 0 radical (unpaired) electrons. The Labute approximate surface area is 185 Å². The summed E-state index contributed by atoms with van der Waals surface area (Å²) in [4.78, 5) is 40.4. The van der Waals surface area contributed by atoms with Crippen molar-refractivity contribution in [1.29, 1.82) is 0 Å². The van der Waals surface area contributed by atoms with E-state index in [4.69, 9.17) is 9.15 Å². The van der Waals surface area contributed by atoms with Crippen LogP contribution in [0.1, 0.15) is 55.1 Å². The normalized spacial score (nSPS) is 11.8. The van der Waals surface area contributed by atoms with Gasteiger partial charge in [-0.15, -0.1) is 0 Å². The summed E-state index contributed by atoms with van der Waals surface area (Å²) in [6, 6.07) is 7.64. The van der Waals surface area contributed by atoms with Gasteiger partial charge >= 0.3 is 5.97 Å². The van der Waals surface area contributed by atoms with Crippen molar-refractivity contribution in [2.75, 3.05) is 7.11 Å². The van der Waals surface area contributed by atoms with Crippen molar-refractivity contribution in [2.45, 2.75) is 33.4 Å². The monoisotopic (exact) mass is 440 g/mol. The molecule has 0 saturated carbocycles. The molecule has 8 heteroatoms. The van der Waals surface area contributed by atoms with Crippen LogP contribution in [0.3, 0.4) is 0 Å². The Morgan fingerprint density at radius 3 is 2.38 bits per heavy atom. The highest BCUT2D eigenvalue weighted by Crippen LogP contribution is 2.26. The zero-order chi connectivity index (χ0) is 23.6. The van der Waals surface area contributed by atoms with Crippen LogP contribution in [0.2, 0.25) is 0 Å². The maximum absolute atomic E-state index is 13.6. The van der Waals surface area contributed by atoms with Gasteiger partial charge in [0, 0.05) is 23.9 Å². The third kappa shape index (κ3) is 4.21. The number of halogens is 1. The lowest BCUT2D eigenvalue weighted by molar-refractivity contribution is 0.0586. The molecule has 1 unspecified atom stereocenters. The minimum Gasteiger partial charge on any atom is -0.467 e. The van der Waals surface area contributed by atoms with E-state index in [1.165, 1.54) is 42.5 Å². The number of Topliss-reactive ketones (excluding diaryl/α,β-unsaturated/α-hetero) is 1. The van der Waals surface area contributed by atoms with Crippen LogP contribution in [-0.4, -0.2) is 40.3 Å². The third-order valence-electron chi connectivity index (χ3n) is 5.66. The molecule has 0 saturated heterocycles. The Hall–Kier alpha value is -3.68. The van der Waals surface area contributed by atoms with Gasteiger partial charge in [-0.05, 0) is 62.7 Å². The van der Waals surface area contributed by atoms with Gasteiger partial charge in [0.05, 0.1) is 26.0 Å². The zero-order valence-corrected chi connectivity index (χ0v) is 18.6. The first-order valence-corrected chi connectivity index (χ1v) is 10.0. The number of carbonyl (C=O) groups is 3. The molecule has 3 rings (SSSR count). The number of ether oxygens (including phenoxy) is 1. The molecule has 0 aliphatic heterocycles. The molecular formula is C24H25FN2O5. The summed E-state index contributed by atoms with van der Waals surface area (Å²) in [5.41, 5.74) is 1.96. The summed E-state index contributed by atoms with van der Waals surface area (Å²) >= 11 is 0. The molecule has 0 fully saturated rings. The molecule has 0 aliphatic carbocycles. The molecule has 1 atom stereocenters. The second kappa shape index (κ2) is 9.21. The number of benzene rings is 1. The molecule has 2 aromatic heterocycles. The average Bonchev–Trinajstić information content (AvgIpc) is 3.37. The predicted octanol–water partition coefficient (Wildman–Crippen LogP) is 4.07. The molecule has 1 amide bonds. The highest BCUT2D eigenvalue weighted by Gasteiger charge is 2.33. The lowest BCUT2D eigenvalue weighted by atomic mass is 9.99. The maximum Gasteiger partial charge on any atom is 0.354 e. The second-order valence-corrected chi connectivity index (χ2v) is 7.54. The molecule has 7 nitrogen and oxygen atoms in total. The first kappa shape index (κ1) is 23.0. The molecule has 0 N–H and O–H groups in total. The van der Waals surface area contributed by atoms with Gasteiger partial charge in [0.2, 0.25) is 0 Å². The van der Waals surface area contributed by atoms with Gasteiger partial charge in [0.25, 0.3) is 5.91 Å². The van der Waals surface area contributed by atoms with E-state index in [-0.39, 0.29) is 23.6 Å². The van der Waals surface area contributed by atoms with E-state index in [1.54, 1.807) is 44.5 Å². The first-order valence-electron chi connectivity index (χ1n) is 10.0. The minimum atomic E-state index is -0.886. The number of aromatic nitrogens is 1. The van der Waals surface area contributed by atoms with Gasteiger partial charge in [0.15, 0.2) is 5.78 Å². The van der Waals surface area contributed by atoms with Crippen molar-refractivity contribution < 1.29 is 27.9 Å². The van der Waals surface area contributed by atoms with Gasteiger partial charge in [-0.2, -0.15) is 0 Å². The first-order chi connectivity index (χ1) is 15.2. The van der Waals surface area contributed by atoms with Crippen LogP contribution in [0.5, 0.6) is 0 Å². The lowest BCUT2D eigenvalue weighted by Gasteiger charge is -2.28. The van der Waals surface area contributed by atoms with Crippen LogP contribution >= 0.6 is 0 Å². The molecular weight excluding hydrogens is 415 g/mol. The number of rotatable bonds is 7. The number of hydrogen-bond acceptors (Lipinski definition) is 5. The fourth-order valence-corrected chi connectivity index (χ4v) is 3.79. The number of amides is 1. The van der Waals surface area contributed by atoms with Crippen molar-refractivity contribution >= 4 is 17.7 Å². The Kier molecular flexibility index (Phi) is 6.62. The summed E-state index contributed by atoms with van der Waals surface area (Å²) < 4.78 is 25.2. The van der Waals surface area contributed by atoms with Crippen LogP contribution in [0.4, 0.5) is 4.39 Å². The van der Waals surface area contributed by atoms with E-state index in [0.717, 1.165) is 0 Å². The van der Waals surface area contributed by atoms with Gasteiger partial charge < -0.3 is 18.6 Å². The van der Waals surface area contributed by atoms with E-state index in [0.29, 0.717) is 22.6 Å². The van der Waals surface area contributed by atoms with Crippen LogP contribution in [-0.2, 0) is 18.3 Å². The van der Waals surface area contributed by atoms with Crippen molar-refractivity contribution in [3.63, 3.8) is 0 Å². The van der Waals surface area contributed by atoms with Crippen LogP contribution in [0.25, 0.3) is 0 Å². The summed E-state index contributed by atoms with van der Waals surface area (Å²) in [6.45, 7) is 5.08. The van der Waals surface area contributed by atoms with Crippen molar-refractivity contribution in [3.05, 3.63) is 82.3 Å². The highest BCUT2D eigenvalue weighted by atomic mass is 19.1. The van der Waals surface area contributed by atoms with Crippen molar-refractivity contribution in [1.82, 2.24) is 9.47 Å². The lowest BCUT2D eigenvalue weighted by Crippen LogP contribution is -2.43. The van der Waals surface area contributed by atoms with Gasteiger partial charge in [-0.25, -0.2) is 9.18 Å². The maximum atomic E-state index is 13.6. The topological polar surface area (TPSA) is 81.8 Å². The van der Waals surface area contributed by atoms with Crippen molar-refractivity contribution in [3.8, 4) is 0 Å². The number of hydrogen-bond donors (Lipinski definition) is 0. The van der Waals surface area contributed by atoms with E-state index in [1.807, 2.05) is 0 Å². The summed E-state index contributed by atoms with van der Waals surface area (Å²) in [5, 5.41) is 0. The molecule has 168 valence electrons. The Bertz CT molecular complexity index is 1150. The number of methoxy groups -OCH3 is 1.